The number of nitrogens with two attached hydrogens (primary N) is 1. The lowest BCUT2D eigenvalue weighted by Gasteiger charge is -2.19. The molecule has 52 heavy (non-hydrogen) atoms. The Balaban J connectivity index is 4.06. The molecule has 1 unspecified atom stereocenters. The summed E-state index contributed by atoms with van der Waals surface area (Å²) in [5, 5.41) is 0. The third-order valence-electron chi connectivity index (χ3n) is 9.44. The van der Waals surface area contributed by atoms with Crippen molar-refractivity contribution < 1.29 is 32.8 Å². The number of ether oxygens (including phenoxy) is 2. The van der Waals surface area contributed by atoms with Gasteiger partial charge in [0, 0.05) is 13.0 Å². The van der Waals surface area contributed by atoms with Crippen molar-refractivity contribution in [2.24, 2.45) is 5.73 Å². The fourth-order valence-corrected chi connectivity index (χ4v) is 6.96. The Morgan fingerprint density at radius 1 is 0.577 bits per heavy atom. The molecule has 0 aromatic carbocycles. The summed E-state index contributed by atoms with van der Waals surface area (Å²) in [4.78, 5) is 22.4. The second kappa shape index (κ2) is 41.0. The largest absolute Gasteiger partial charge is 0.498 e. The van der Waals surface area contributed by atoms with Gasteiger partial charge in [-0.05, 0) is 51.0 Å². The van der Waals surface area contributed by atoms with Gasteiger partial charge in [0.15, 0.2) is 6.10 Å². The maximum Gasteiger partial charge on any atom is 0.472 e. The molecule has 0 rings (SSSR count). The van der Waals surface area contributed by atoms with Crippen LogP contribution in [0.1, 0.15) is 213 Å². The minimum atomic E-state index is -4.29. The van der Waals surface area contributed by atoms with E-state index in [9.17, 15) is 14.3 Å². The normalized spacial score (nSPS) is 13.6. The zero-order valence-corrected chi connectivity index (χ0v) is 35.0. The first kappa shape index (κ1) is 50.8. The molecule has 0 bridgehead atoms. The molecule has 9 heteroatoms. The number of unbranched alkanes of at least 4 members (excludes halogenated alkanes) is 27. The van der Waals surface area contributed by atoms with E-state index in [1.165, 1.54) is 161 Å². The SMILES string of the molecule is CCCCCCCCC=CCCCCCCCCCC(=O)O[C@H](COC=CCCCCCCCCCCCCCCCC)COP(=O)(O)OCCN. The topological polar surface area (TPSA) is 117 Å². The van der Waals surface area contributed by atoms with Gasteiger partial charge in [0.2, 0.25) is 0 Å². The van der Waals surface area contributed by atoms with Crippen LogP contribution in [0.5, 0.6) is 0 Å². The molecule has 3 N–H and O–H groups in total. The second-order valence-electron chi connectivity index (χ2n) is 14.6. The van der Waals surface area contributed by atoms with Crippen molar-refractivity contribution in [1.82, 2.24) is 0 Å². The van der Waals surface area contributed by atoms with E-state index >= 15 is 0 Å². The second-order valence-corrected chi connectivity index (χ2v) is 16.1. The highest BCUT2D eigenvalue weighted by Crippen LogP contribution is 2.43. The van der Waals surface area contributed by atoms with Gasteiger partial charge in [0.05, 0.1) is 19.5 Å². The van der Waals surface area contributed by atoms with Gasteiger partial charge in [-0.3, -0.25) is 13.8 Å². The smallest absolute Gasteiger partial charge is 0.472 e. The number of allylic oxidation sites excluding steroid dienone is 3. The average molecular weight is 758 g/mol. The van der Waals surface area contributed by atoms with E-state index in [1.807, 2.05) is 6.08 Å². The van der Waals surface area contributed by atoms with E-state index in [4.69, 9.17) is 24.3 Å². The van der Waals surface area contributed by atoms with Gasteiger partial charge in [-0.2, -0.15) is 0 Å². The summed E-state index contributed by atoms with van der Waals surface area (Å²) in [6.07, 6.45) is 45.7. The molecule has 0 aromatic rings. The van der Waals surface area contributed by atoms with Crippen LogP contribution in [-0.4, -0.2) is 43.3 Å². The molecular formula is C43H84NO7P. The van der Waals surface area contributed by atoms with E-state index in [0.29, 0.717) is 6.42 Å². The van der Waals surface area contributed by atoms with Gasteiger partial charge in [0.1, 0.15) is 6.61 Å². The van der Waals surface area contributed by atoms with Gasteiger partial charge in [-0.25, -0.2) is 4.57 Å². The predicted molar refractivity (Wildman–Crippen MR) is 219 cm³/mol. The zero-order chi connectivity index (χ0) is 38.1. The maximum absolute atomic E-state index is 12.6. The standard InChI is InChI=1S/C43H84NO7P/c1-3-5-7-9-11-13-15-17-19-21-22-24-26-28-30-32-34-36-43(45)51-42(41-50-52(46,47)49-39-37-44)40-48-38-35-33-31-29-27-25-23-20-18-16-14-12-10-8-6-4-2/h17,19,35,38,42H,3-16,18,20-34,36-37,39-41,44H2,1-2H3,(H,46,47)/t42-/m1/s1. The van der Waals surface area contributed by atoms with Crippen molar-refractivity contribution in [2.75, 3.05) is 26.4 Å². The van der Waals surface area contributed by atoms with Crippen LogP contribution in [0.25, 0.3) is 0 Å². The Hall–Kier alpha value is -1.18. The average Bonchev–Trinajstić information content (AvgIpc) is 3.13. The fourth-order valence-electron chi connectivity index (χ4n) is 6.19. The van der Waals surface area contributed by atoms with E-state index in [2.05, 4.69) is 26.0 Å². The Kier molecular flexibility index (Phi) is 40.1. The van der Waals surface area contributed by atoms with Crippen LogP contribution in [0, 0.1) is 0 Å². The first-order chi connectivity index (χ1) is 25.4. The molecule has 0 saturated heterocycles. The Bertz CT molecular complexity index is 853. The summed E-state index contributed by atoms with van der Waals surface area (Å²) in [5.74, 6) is -0.355. The zero-order valence-electron chi connectivity index (χ0n) is 34.1. The number of phosphoric acid groups is 1. The van der Waals surface area contributed by atoms with Crippen LogP contribution in [-0.2, 0) is 27.9 Å². The van der Waals surface area contributed by atoms with Crippen molar-refractivity contribution in [3.63, 3.8) is 0 Å². The number of hydrogen-bond acceptors (Lipinski definition) is 7. The summed E-state index contributed by atoms with van der Waals surface area (Å²) in [5.41, 5.74) is 5.36. The molecule has 0 aliphatic carbocycles. The van der Waals surface area contributed by atoms with Gasteiger partial charge < -0.3 is 20.1 Å². The maximum atomic E-state index is 12.6. The molecule has 0 amide bonds. The summed E-state index contributed by atoms with van der Waals surface area (Å²) in [7, 11) is -4.29. The van der Waals surface area contributed by atoms with E-state index < -0.39 is 13.9 Å². The molecule has 8 nitrogen and oxygen atoms in total. The van der Waals surface area contributed by atoms with Gasteiger partial charge in [-0.15, -0.1) is 0 Å². The number of rotatable bonds is 42. The number of carbonyl (C=O) groups is 1. The summed E-state index contributed by atoms with van der Waals surface area (Å²) >= 11 is 0. The number of hydrogen-bond donors (Lipinski definition) is 2. The Morgan fingerprint density at radius 2 is 0.981 bits per heavy atom. The van der Waals surface area contributed by atoms with Crippen LogP contribution in [0.3, 0.4) is 0 Å². The molecule has 0 aromatic heterocycles. The molecule has 0 saturated carbocycles. The number of carbonyl (C=O) groups excluding carboxylic acids is 1. The molecule has 0 spiro atoms. The van der Waals surface area contributed by atoms with Crippen LogP contribution in [0.4, 0.5) is 0 Å². The third kappa shape index (κ3) is 40.0. The lowest BCUT2D eigenvalue weighted by atomic mass is 10.0. The molecule has 0 aliphatic rings. The van der Waals surface area contributed by atoms with Crippen LogP contribution in [0.2, 0.25) is 0 Å². The molecule has 308 valence electrons. The molecule has 0 aliphatic heterocycles. The predicted octanol–water partition coefficient (Wildman–Crippen LogP) is 13.2. The minimum Gasteiger partial charge on any atom is -0.498 e. The highest BCUT2D eigenvalue weighted by Gasteiger charge is 2.25. The van der Waals surface area contributed by atoms with Crippen molar-refractivity contribution in [1.29, 1.82) is 0 Å². The molecule has 2 atom stereocenters. The van der Waals surface area contributed by atoms with Crippen molar-refractivity contribution in [2.45, 2.75) is 219 Å². The van der Waals surface area contributed by atoms with Gasteiger partial charge in [-0.1, -0.05) is 174 Å². The van der Waals surface area contributed by atoms with E-state index in [0.717, 1.165) is 32.1 Å². The van der Waals surface area contributed by atoms with Crippen molar-refractivity contribution in [3.05, 3.63) is 24.5 Å². The molecule has 0 heterocycles. The van der Waals surface area contributed by atoms with Crippen molar-refractivity contribution >= 4 is 13.8 Å². The van der Waals surface area contributed by atoms with Crippen molar-refractivity contribution in [3.8, 4) is 0 Å². The summed E-state index contributed by atoms with van der Waals surface area (Å²) < 4.78 is 33.2. The highest BCUT2D eigenvalue weighted by molar-refractivity contribution is 7.47. The van der Waals surface area contributed by atoms with Crippen LogP contribution in [0.15, 0.2) is 24.5 Å². The number of esters is 1. The molecule has 0 fully saturated rings. The molecular weight excluding hydrogens is 673 g/mol. The van der Waals surface area contributed by atoms with Crippen LogP contribution >= 0.6 is 7.82 Å². The van der Waals surface area contributed by atoms with E-state index in [1.54, 1.807) is 6.26 Å². The lowest BCUT2D eigenvalue weighted by molar-refractivity contribution is -0.153. The molecule has 0 radical (unpaired) electrons. The number of phosphoric ester groups is 1. The highest BCUT2D eigenvalue weighted by atomic mass is 31.2. The Labute approximate surface area is 321 Å². The quantitative estimate of drug-likeness (QED) is 0.0208. The van der Waals surface area contributed by atoms with Crippen LogP contribution < -0.4 is 5.73 Å². The minimum absolute atomic E-state index is 0.0338. The first-order valence-corrected chi connectivity index (χ1v) is 23.4. The monoisotopic (exact) mass is 758 g/mol. The van der Waals surface area contributed by atoms with Gasteiger partial charge in [0.25, 0.3) is 0 Å². The van der Waals surface area contributed by atoms with Gasteiger partial charge >= 0.3 is 13.8 Å². The first-order valence-electron chi connectivity index (χ1n) is 21.9. The summed E-state index contributed by atoms with van der Waals surface area (Å²) in [6, 6.07) is 0. The fraction of sp³-hybridized carbons (Fsp3) is 0.884. The third-order valence-corrected chi connectivity index (χ3v) is 10.4. The van der Waals surface area contributed by atoms with E-state index in [-0.39, 0.29) is 32.3 Å². The Morgan fingerprint density at radius 3 is 1.42 bits per heavy atom. The summed E-state index contributed by atoms with van der Waals surface area (Å²) in [6.45, 7) is 4.26. The lowest BCUT2D eigenvalue weighted by Crippen LogP contribution is -2.27.